The number of carbonyl (C=O) groups is 1. The van der Waals surface area contributed by atoms with Crippen LogP contribution >= 0.6 is 0 Å². The van der Waals surface area contributed by atoms with E-state index in [4.69, 9.17) is 4.74 Å². The fourth-order valence-corrected chi connectivity index (χ4v) is 5.06. The minimum Gasteiger partial charge on any atom is -0.444 e. The lowest BCUT2D eigenvalue weighted by atomic mass is 9.98. The number of aromatic amines is 1. The molecule has 214 valence electrons. The average Bonchev–Trinajstić information content (AvgIpc) is 3.30. The predicted molar refractivity (Wildman–Crippen MR) is 145 cm³/mol. The second kappa shape index (κ2) is 10.7. The third-order valence-electron chi connectivity index (χ3n) is 6.84. The van der Waals surface area contributed by atoms with Crippen molar-refractivity contribution >= 4 is 28.3 Å². The smallest absolute Gasteiger partial charge is 0.419 e. The van der Waals surface area contributed by atoms with E-state index in [-0.39, 0.29) is 18.4 Å². The van der Waals surface area contributed by atoms with Gasteiger partial charge in [-0.15, -0.1) is 0 Å². The highest BCUT2D eigenvalue weighted by Crippen LogP contribution is 2.34. The number of benzene rings is 1. The molecule has 1 aromatic heterocycles. The Morgan fingerprint density at radius 1 is 1.25 bits per heavy atom. The number of fused-ring (bicyclic) bond motifs is 1. The molecule has 0 radical (unpaired) electrons. The molecular formula is C28H33F3N6O3. The number of allylic oxidation sites excluding steroid dienone is 3. The Bertz CT molecular complexity index is 1400. The third-order valence-corrected chi connectivity index (χ3v) is 6.84. The summed E-state index contributed by atoms with van der Waals surface area (Å²) in [6.45, 7) is 6.52. The van der Waals surface area contributed by atoms with Crippen molar-refractivity contribution < 1.29 is 27.9 Å². The number of aliphatic imine (C=N–C) groups is 1. The standard InChI is InChI=1S/C28H33F3N6O3/c1-27(2,3)40-26(38)35-10-5-7-20(15-35)34-36-16-23(28(29,30)31)25(33-17-36)22-13-32-24-12-18(8-9-21(22)24)19-6-4-11-37(39)14-19/h4,6,8-9,11-13,16,20,32,34,39H,5,7,10,14-15,17H2,1-3H3/t20-/m0/s1. The van der Waals surface area contributed by atoms with E-state index in [2.05, 4.69) is 15.4 Å². The van der Waals surface area contributed by atoms with Gasteiger partial charge in [-0.3, -0.25) is 20.3 Å². The summed E-state index contributed by atoms with van der Waals surface area (Å²) in [5.74, 6) is 0. The molecule has 0 unspecified atom stereocenters. The van der Waals surface area contributed by atoms with Crippen molar-refractivity contribution in [3.63, 3.8) is 0 Å². The Kier molecular flexibility index (Phi) is 7.40. The first-order chi connectivity index (χ1) is 18.9. The molecule has 2 aromatic rings. The van der Waals surface area contributed by atoms with Crippen LogP contribution in [-0.4, -0.2) is 81.1 Å². The molecule has 1 atom stereocenters. The van der Waals surface area contributed by atoms with Crippen LogP contribution in [0.4, 0.5) is 18.0 Å². The van der Waals surface area contributed by atoms with Crippen molar-refractivity contribution in [3.8, 4) is 0 Å². The monoisotopic (exact) mass is 558 g/mol. The van der Waals surface area contributed by atoms with Gasteiger partial charge in [0.15, 0.2) is 0 Å². The number of nitrogens with one attached hydrogen (secondary N) is 2. The molecule has 5 rings (SSSR count). The Balaban J connectivity index is 1.34. The van der Waals surface area contributed by atoms with E-state index in [0.29, 0.717) is 48.9 Å². The highest BCUT2D eigenvalue weighted by molar-refractivity contribution is 6.20. The highest BCUT2D eigenvalue weighted by Gasteiger charge is 2.40. The van der Waals surface area contributed by atoms with Crippen LogP contribution in [-0.2, 0) is 4.74 Å². The summed E-state index contributed by atoms with van der Waals surface area (Å²) < 4.78 is 48.3. The van der Waals surface area contributed by atoms with E-state index < -0.39 is 23.4 Å². The van der Waals surface area contributed by atoms with Crippen LogP contribution in [0, 0.1) is 0 Å². The molecule has 1 fully saturated rings. The van der Waals surface area contributed by atoms with Crippen LogP contribution in [0.15, 0.2) is 59.5 Å². The van der Waals surface area contributed by atoms with Gasteiger partial charge < -0.3 is 14.6 Å². The van der Waals surface area contributed by atoms with Gasteiger partial charge in [-0.1, -0.05) is 18.2 Å². The van der Waals surface area contributed by atoms with Gasteiger partial charge in [0.05, 0.1) is 17.8 Å². The average molecular weight is 559 g/mol. The summed E-state index contributed by atoms with van der Waals surface area (Å²) in [6, 6.07) is 5.21. The van der Waals surface area contributed by atoms with Gasteiger partial charge in [-0.2, -0.15) is 13.2 Å². The van der Waals surface area contributed by atoms with Gasteiger partial charge in [0.2, 0.25) is 0 Å². The van der Waals surface area contributed by atoms with Crippen LogP contribution in [0.3, 0.4) is 0 Å². The van der Waals surface area contributed by atoms with E-state index in [1.807, 2.05) is 18.2 Å². The van der Waals surface area contributed by atoms with Crippen molar-refractivity contribution in [1.29, 1.82) is 0 Å². The van der Waals surface area contributed by atoms with Crippen molar-refractivity contribution in [2.24, 2.45) is 4.99 Å². The predicted octanol–water partition coefficient (Wildman–Crippen LogP) is 5.18. The number of hydrogen-bond acceptors (Lipinski definition) is 7. The summed E-state index contributed by atoms with van der Waals surface area (Å²) in [7, 11) is 0. The summed E-state index contributed by atoms with van der Waals surface area (Å²) in [6.07, 6.45) is 4.09. The van der Waals surface area contributed by atoms with E-state index in [0.717, 1.165) is 22.4 Å². The lowest BCUT2D eigenvalue weighted by molar-refractivity contribution is -0.0879. The number of piperidine rings is 1. The topological polar surface area (TPSA) is 96.4 Å². The number of H-pyrrole nitrogens is 1. The minimum absolute atomic E-state index is 0.0197. The number of halogens is 3. The molecular weight excluding hydrogens is 525 g/mol. The van der Waals surface area contributed by atoms with Gasteiger partial charge in [0, 0.05) is 54.2 Å². The van der Waals surface area contributed by atoms with Crippen LogP contribution in [0.2, 0.25) is 0 Å². The number of carbonyl (C=O) groups excluding carboxylic acids is 1. The largest absolute Gasteiger partial charge is 0.444 e. The molecule has 0 spiro atoms. The molecule has 0 saturated carbocycles. The maximum Gasteiger partial charge on any atom is 0.419 e. The first kappa shape index (κ1) is 27.8. The SMILES string of the molecule is CC(C)(C)OC(=O)N1CCC[C@H](NN2C=C(C(F)(F)F)C(c3c[nH]c4cc(C5=CC=CN(O)C5)ccc34)=NC2)C1. The molecule has 0 aliphatic carbocycles. The second-order valence-electron chi connectivity index (χ2n) is 11.1. The zero-order valence-electron chi connectivity index (χ0n) is 22.6. The summed E-state index contributed by atoms with van der Waals surface area (Å²) in [5.41, 5.74) is 4.25. The summed E-state index contributed by atoms with van der Waals surface area (Å²) in [4.78, 5) is 21.5. The lowest BCUT2D eigenvalue weighted by Gasteiger charge is -2.37. The van der Waals surface area contributed by atoms with E-state index in [1.165, 1.54) is 5.01 Å². The molecule has 1 amide bonds. The number of hydrogen-bond donors (Lipinski definition) is 3. The number of likely N-dealkylation sites (tertiary alicyclic amines) is 1. The maximum absolute atomic E-state index is 14.3. The highest BCUT2D eigenvalue weighted by atomic mass is 19.4. The van der Waals surface area contributed by atoms with Gasteiger partial charge in [0.25, 0.3) is 0 Å². The van der Waals surface area contributed by atoms with Gasteiger partial charge >= 0.3 is 12.3 Å². The number of amides is 1. The molecule has 1 saturated heterocycles. The zero-order valence-corrected chi connectivity index (χ0v) is 22.6. The molecule has 0 bridgehead atoms. The number of rotatable bonds is 4. The van der Waals surface area contributed by atoms with Crippen molar-refractivity contribution in [3.05, 3.63) is 65.6 Å². The van der Waals surface area contributed by atoms with Crippen LogP contribution < -0.4 is 5.43 Å². The van der Waals surface area contributed by atoms with Gasteiger partial charge in [-0.05, 0) is 56.9 Å². The Morgan fingerprint density at radius 3 is 2.77 bits per heavy atom. The van der Waals surface area contributed by atoms with Crippen molar-refractivity contribution in [2.75, 3.05) is 26.3 Å². The number of aromatic nitrogens is 1. The molecule has 4 heterocycles. The van der Waals surface area contributed by atoms with E-state index >= 15 is 0 Å². The number of nitrogens with zero attached hydrogens (tertiary/aromatic N) is 4. The number of alkyl halides is 3. The Labute approximate surface area is 230 Å². The summed E-state index contributed by atoms with van der Waals surface area (Å²) >= 11 is 0. The first-order valence-electron chi connectivity index (χ1n) is 13.2. The number of hydroxylamine groups is 2. The Hall–Kier alpha value is -3.77. The van der Waals surface area contributed by atoms with E-state index in [1.54, 1.807) is 50.2 Å². The minimum atomic E-state index is -4.64. The van der Waals surface area contributed by atoms with Crippen molar-refractivity contribution in [2.45, 2.75) is 51.4 Å². The molecule has 40 heavy (non-hydrogen) atoms. The lowest BCUT2D eigenvalue weighted by Crippen LogP contribution is -2.53. The first-order valence-corrected chi connectivity index (χ1v) is 13.2. The molecule has 3 aliphatic heterocycles. The number of ether oxygens (including phenoxy) is 1. The molecule has 12 heteroatoms. The summed E-state index contributed by atoms with van der Waals surface area (Å²) in [5, 5.41) is 12.8. The molecule has 9 nitrogen and oxygen atoms in total. The number of hydrazine groups is 1. The van der Waals surface area contributed by atoms with Crippen molar-refractivity contribution in [1.82, 2.24) is 25.4 Å². The van der Waals surface area contributed by atoms with Gasteiger partial charge in [-0.25, -0.2) is 10.2 Å². The van der Waals surface area contributed by atoms with E-state index in [9.17, 15) is 23.2 Å². The molecule has 3 N–H and O–H groups in total. The third kappa shape index (κ3) is 6.18. The van der Waals surface area contributed by atoms with Gasteiger partial charge in [0.1, 0.15) is 12.3 Å². The zero-order chi connectivity index (χ0) is 28.7. The maximum atomic E-state index is 14.3. The van der Waals surface area contributed by atoms with Crippen LogP contribution in [0.1, 0.15) is 44.7 Å². The molecule has 1 aromatic carbocycles. The van der Waals surface area contributed by atoms with Crippen LogP contribution in [0.25, 0.3) is 16.5 Å². The second-order valence-corrected chi connectivity index (χ2v) is 11.1. The van der Waals surface area contributed by atoms with Crippen LogP contribution in [0.5, 0.6) is 0 Å². The quantitative estimate of drug-likeness (QED) is 0.479. The fraction of sp³-hybridized carbons (Fsp3) is 0.429. The molecule has 3 aliphatic rings. The Morgan fingerprint density at radius 2 is 2.05 bits per heavy atom. The normalized spacial score (nSPS) is 20.4. The fourth-order valence-electron chi connectivity index (χ4n) is 5.06.